The van der Waals surface area contributed by atoms with Crippen molar-refractivity contribution in [3.63, 3.8) is 0 Å². The molecule has 2 atom stereocenters. The monoisotopic (exact) mass is 440 g/mol. The number of benzene rings is 2. The number of piperidine rings is 1. The van der Waals surface area contributed by atoms with Gasteiger partial charge in [-0.1, -0.05) is 55.5 Å². The summed E-state index contributed by atoms with van der Waals surface area (Å²) >= 11 is 0. The Morgan fingerprint density at radius 1 is 1.06 bits per heavy atom. The average Bonchev–Trinajstić information content (AvgIpc) is 2.78. The van der Waals surface area contributed by atoms with Gasteiger partial charge in [0.25, 0.3) is 0 Å². The first-order chi connectivity index (χ1) is 15.4. The number of carbonyl (C=O) groups is 3. The molecule has 1 aliphatic rings. The van der Waals surface area contributed by atoms with Crippen LogP contribution in [0.4, 0.5) is 9.59 Å². The predicted octanol–water partition coefficient (Wildman–Crippen LogP) is 4.25. The fourth-order valence-corrected chi connectivity index (χ4v) is 3.80. The summed E-state index contributed by atoms with van der Waals surface area (Å²) in [4.78, 5) is 38.7. The van der Waals surface area contributed by atoms with Crippen LogP contribution in [0, 0.1) is 0 Å². The Bertz CT molecular complexity index is 921. The molecule has 170 valence electrons. The maximum absolute atomic E-state index is 12.7. The van der Waals surface area contributed by atoms with Gasteiger partial charge in [0.05, 0.1) is 0 Å². The van der Waals surface area contributed by atoms with Crippen LogP contribution in [0.25, 0.3) is 0 Å². The second kappa shape index (κ2) is 10.7. The maximum atomic E-state index is 12.7. The van der Waals surface area contributed by atoms with Crippen molar-refractivity contribution >= 4 is 18.2 Å². The minimum Gasteiger partial charge on any atom is -0.445 e. The minimum absolute atomic E-state index is 0.170. The number of likely N-dealkylation sites (tertiary alicyclic amines) is 1. The Balaban J connectivity index is 1.66. The van der Waals surface area contributed by atoms with Gasteiger partial charge in [-0.3, -0.25) is 10.1 Å². The summed E-state index contributed by atoms with van der Waals surface area (Å²) in [6.45, 7) is 3.63. The molecule has 8 nitrogen and oxygen atoms in total. The van der Waals surface area contributed by atoms with Gasteiger partial charge in [0.15, 0.2) is 5.72 Å². The highest BCUT2D eigenvalue weighted by atomic mass is 16.6. The Morgan fingerprint density at radius 2 is 1.72 bits per heavy atom. The van der Waals surface area contributed by atoms with Crippen LogP contribution in [0.5, 0.6) is 5.75 Å². The first-order valence-electron chi connectivity index (χ1n) is 10.6. The lowest BCUT2D eigenvalue weighted by atomic mass is 9.92. The van der Waals surface area contributed by atoms with Crippen LogP contribution >= 0.6 is 0 Å². The molecular formula is C24H28N2O6. The van der Waals surface area contributed by atoms with Gasteiger partial charge in [0, 0.05) is 32.4 Å². The molecule has 0 saturated carbocycles. The summed E-state index contributed by atoms with van der Waals surface area (Å²) in [6, 6.07) is 17.7. The molecule has 0 radical (unpaired) electrons. The fraction of sp³-hybridized carbons (Fsp3) is 0.375. The van der Waals surface area contributed by atoms with Crippen LogP contribution in [0.15, 0.2) is 60.7 Å². The van der Waals surface area contributed by atoms with Crippen molar-refractivity contribution in [2.24, 2.45) is 0 Å². The van der Waals surface area contributed by atoms with E-state index in [2.05, 4.69) is 5.32 Å². The Morgan fingerprint density at radius 3 is 2.34 bits per heavy atom. The molecule has 0 aliphatic carbocycles. The van der Waals surface area contributed by atoms with Crippen molar-refractivity contribution in [3.05, 3.63) is 66.2 Å². The van der Waals surface area contributed by atoms with E-state index in [1.165, 1.54) is 6.92 Å². The summed E-state index contributed by atoms with van der Waals surface area (Å²) in [5.74, 6) is -0.156. The fourth-order valence-electron chi connectivity index (χ4n) is 3.80. The molecule has 0 aromatic heterocycles. The molecule has 2 amide bonds. The third-order valence-corrected chi connectivity index (χ3v) is 5.30. The van der Waals surface area contributed by atoms with E-state index in [0.29, 0.717) is 12.2 Å². The molecule has 2 aromatic carbocycles. The first kappa shape index (κ1) is 23.1. The van der Waals surface area contributed by atoms with E-state index >= 15 is 0 Å². The second-order valence-corrected chi connectivity index (χ2v) is 7.67. The minimum atomic E-state index is -1.27. The zero-order chi connectivity index (χ0) is 23.0. The molecule has 2 aromatic rings. The van der Waals surface area contributed by atoms with Crippen molar-refractivity contribution in [3.8, 4) is 5.75 Å². The topological polar surface area (TPSA) is 94.2 Å². The maximum Gasteiger partial charge on any atom is 0.415 e. The number of nitrogens with zero attached hydrogens (tertiary/aromatic N) is 1. The zero-order valence-electron chi connectivity index (χ0n) is 18.3. The summed E-state index contributed by atoms with van der Waals surface area (Å²) in [6.07, 6.45) is -0.129. The van der Waals surface area contributed by atoms with Gasteiger partial charge < -0.3 is 19.1 Å². The lowest BCUT2D eigenvalue weighted by molar-refractivity contribution is -0.167. The van der Waals surface area contributed by atoms with Crippen molar-refractivity contribution in [1.29, 1.82) is 0 Å². The average molecular weight is 440 g/mol. The van der Waals surface area contributed by atoms with Crippen molar-refractivity contribution < 1.29 is 28.6 Å². The standard InChI is InChI=1S/C24H28N2O6/c1-3-20-16-24(32-18(2)27,25-22(28)31-21-12-8-5-9-13-21)14-15-26(20)23(29)30-17-19-10-6-4-7-11-19/h4-13,20H,3,14-17H2,1-2H3,(H,25,28). The van der Waals surface area contributed by atoms with E-state index in [1.807, 2.05) is 43.3 Å². The number of amides is 2. The molecular weight excluding hydrogens is 412 g/mol. The molecule has 1 saturated heterocycles. The largest absolute Gasteiger partial charge is 0.445 e. The van der Waals surface area contributed by atoms with E-state index in [0.717, 1.165) is 5.56 Å². The summed E-state index contributed by atoms with van der Waals surface area (Å²) < 4.78 is 16.3. The third-order valence-electron chi connectivity index (χ3n) is 5.30. The number of ether oxygens (including phenoxy) is 3. The molecule has 0 bridgehead atoms. The molecule has 2 unspecified atom stereocenters. The molecule has 0 spiro atoms. The Labute approximate surface area is 187 Å². The number of esters is 1. The molecule has 1 fully saturated rings. The van der Waals surface area contributed by atoms with Gasteiger partial charge in [-0.25, -0.2) is 9.59 Å². The van der Waals surface area contributed by atoms with E-state index in [9.17, 15) is 14.4 Å². The number of hydrogen-bond donors (Lipinski definition) is 1. The van der Waals surface area contributed by atoms with Crippen LogP contribution in [0.3, 0.4) is 0 Å². The SMILES string of the molecule is CCC1CC(NC(=O)Oc2ccccc2)(OC(C)=O)CCN1C(=O)OCc1ccccc1. The van der Waals surface area contributed by atoms with E-state index in [1.54, 1.807) is 29.2 Å². The van der Waals surface area contributed by atoms with Crippen molar-refractivity contribution in [2.75, 3.05) is 6.54 Å². The van der Waals surface area contributed by atoms with Crippen LogP contribution in [-0.4, -0.2) is 41.4 Å². The number of rotatable bonds is 6. The van der Waals surface area contributed by atoms with Crippen molar-refractivity contribution in [2.45, 2.75) is 51.5 Å². The lowest BCUT2D eigenvalue weighted by Gasteiger charge is -2.44. The molecule has 1 aliphatic heterocycles. The molecule has 1 heterocycles. The van der Waals surface area contributed by atoms with E-state index in [4.69, 9.17) is 14.2 Å². The van der Waals surface area contributed by atoms with Gasteiger partial charge in [-0.05, 0) is 24.1 Å². The van der Waals surface area contributed by atoms with Crippen LogP contribution in [-0.2, 0) is 20.9 Å². The highest BCUT2D eigenvalue weighted by Gasteiger charge is 2.45. The quantitative estimate of drug-likeness (QED) is 0.533. The van der Waals surface area contributed by atoms with Gasteiger partial charge in [0.2, 0.25) is 0 Å². The van der Waals surface area contributed by atoms with Gasteiger partial charge in [0.1, 0.15) is 12.4 Å². The Kier molecular flexibility index (Phi) is 7.70. The highest BCUT2D eigenvalue weighted by molar-refractivity contribution is 5.73. The van der Waals surface area contributed by atoms with Crippen LogP contribution < -0.4 is 10.1 Å². The smallest absolute Gasteiger partial charge is 0.415 e. The summed E-state index contributed by atoms with van der Waals surface area (Å²) in [7, 11) is 0. The number of carbonyl (C=O) groups excluding carboxylic acids is 3. The number of hydrogen-bond acceptors (Lipinski definition) is 6. The van der Waals surface area contributed by atoms with Crippen LogP contribution in [0.1, 0.15) is 38.7 Å². The lowest BCUT2D eigenvalue weighted by Crippen LogP contribution is -2.61. The van der Waals surface area contributed by atoms with Crippen LogP contribution in [0.2, 0.25) is 0 Å². The molecule has 8 heteroatoms. The molecule has 1 N–H and O–H groups in total. The van der Waals surface area contributed by atoms with E-state index in [-0.39, 0.29) is 32.0 Å². The number of para-hydroxylation sites is 1. The van der Waals surface area contributed by atoms with Gasteiger partial charge in [-0.2, -0.15) is 0 Å². The van der Waals surface area contributed by atoms with Gasteiger partial charge in [-0.15, -0.1) is 0 Å². The number of nitrogens with one attached hydrogen (secondary N) is 1. The second-order valence-electron chi connectivity index (χ2n) is 7.67. The van der Waals surface area contributed by atoms with Crippen molar-refractivity contribution in [1.82, 2.24) is 10.2 Å². The molecule has 32 heavy (non-hydrogen) atoms. The third kappa shape index (κ3) is 6.23. The summed E-state index contributed by atoms with van der Waals surface area (Å²) in [5, 5.41) is 2.71. The van der Waals surface area contributed by atoms with Gasteiger partial charge >= 0.3 is 18.2 Å². The normalized spacial score (nSPS) is 20.2. The Hall–Kier alpha value is -3.55. The highest BCUT2D eigenvalue weighted by Crippen LogP contribution is 2.31. The molecule has 3 rings (SSSR count). The first-order valence-corrected chi connectivity index (χ1v) is 10.6. The zero-order valence-corrected chi connectivity index (χ0v) is 18.3. The van der Waals surface area contributed by atoms with E-state index < -0.39 is 23.9 Å². The predicted molar refractivity (Wildman–Crippen MR) is 117 cm³/mol. The summed E-state index contributed by atoms with van der Waals surface area (Å²) in [5.41, 5.74) is -0.375.